The number of benzene rings is 2. The topological polar surface area (TPSA) is 49.4 Å². The molecule has 1 aliphatic heterocycles. The largest absolute Gasteiger partial charge is 0.324 e. The van der Waals surface area contributed by atoms with Crippen LogP contribution in [0.3, 0.4) is 0 Å². The van der Waals surface area contributed by atoms with E-state index < -0.39 is 0 Å². The second kappa shape index (κ2) is 6.72. The highest BCUT2D eigenvalue weighted by Crippen LogP contribution is 2.37. The van der Waals surface area contributed by atoms with Crippen LogP contribution >= 0.6 is 27.5 Å². The lowest BCUT2D eigenvalue weighted by molar-refractivity contribution is -0.133. The lowest BCUT2D eigenvalue weighted by Crippen LogP contribution is -2.39. The predicted octanol–water partition coefficient (Wildman–Crippen LogP) is 3.56. The average molecular weight is 394 g/mol. The van der Waals surface area contributed by atoms with Gasteiger partial charge in [-0.25, -0.2) is 0 Å². The Bertz CT molecular complexity index is 752. The fourth-order valence-corrected chi connectivity index (χ4v) is 3.31. The van der Waals surface area contributed by atoms with Crippen LogP contribution in [0, 0.1) is 0 Å². The van der Waals surface area contributed by atoms with E-state index in [1.54, 1.807) is 0 Å². The van der Waals surface area contributed by atoms with E-state index in [0.717, 1.165) is 15.6 Å². The molecule has 2 amide bonds. The van der Waals surface area contributed by atoms with Gasteiger partial charge in [-0.3, -0.25) is 9.59 Å². The maximum Gasteiger partial charge on any atom is 0.244 e. The van der Waals surface area contributed by atoms with Crippen molar-refractivity contribution in [2.24, 2.45) is 0 Å². The van der Waals surface area contributed by atoms with Gasteiger partial charge in [-0.1, -0.05) is 46.3 Å². The molecule has 6 heteroatoms. The van der Waals surface area contributed by atoms with Crippen LogP contribution in [0.15, 0.2) is 53.0 Å². The molecule has 4 nitrogen and oxygen atoms in total. The van der Waals surface area contributed by atoms with Crippen molar-refractivity contribution < 1.29 is 9.59 Å². The molecular formula is C17H14BrClN2O2. The van der Waals surface area contributed by atoms with Gasteiger partial charge in [0.05, 0.1) is 6.04 Å². The molecule has 118 valence electrons. The van der Waals surface area contributed by atoms with Gasteiger partial charge < -0.3 is 10.2 Å². The summed E-state index contributed by atoms with van der Waals surface area (Å²) in [5.74, 6) is -0.672. The van der Waals surface area contributed by atoms with E-state index in [1.165, 1.54) is 4.90 Å². The Labute approximate surface area is 147 Å². The molecular weight excluding hydrogens is 380 g/mol. The van der Waals surface area contributed by atoms with Crippen LogP contribution in [0.4, 0.5) is 5.69 Å². The SMILES string of the molecule is O=C1CN(C(=O)CCl)C(c2ccccc2)c2cc(Br)ccc2N1. The van der Waals surface area contributed by atoms with Crippen molar-refractivity contribution in [3.63, 3.8) is 0 Å². The van der Waals surface area contributed by atoms with Crippen LogP contribution in [-0.4, -0.2) is 29.1 Å². The van der Waals surface area contributed by atoms with Gasteiger partial charge >= 0.3 is 0 Å². The first-order chi connectivity index (χ1) is 11.1. The van der Waals surface area contributed by atoms with E-state index in [9.17, 15) is 9.59 Å². The Balaban J connectivity index is 2.21. The summed E-state index contributed by atoms with van der Waals surface area (Å²) < 4.78 is 0.881. The number of carbonyl (C=O) groups is 2. The van der Waals surface area contributed by atoms with Crippen molar-refractivity contribution in [1.29, 1.82) is 0 Å². The zero-order valence-corrected chi connectivity index (χ0v) is 14.5. The van der Waals surface area contributed by atoms with Crippen LogP contribution in [0.2, 0.25) is 0 Å². The van der Waals surface area contributed by atoms with Crippen LogP contribution in [0.5, 0.6) is 0 Å². The van der Waals surface area contributed by atoms with Crippen molar-refractivity contribution in [3.05, 3.63) is 64.1 Å². The summed E-state index contributed by atoms with van der Waals surface area (Å²) >= 11 is 9.23. The number of alkyl halides is 1. The van der Waals surface area contributed by atoms with Crippen molar-refractivity contribution >= 4 is 45.0 Å². The van der Waals surface area contributed by atoms with Crippen molar-refractivity contribution in [1.82, 2.24) is 4.90 Å². The van der Waals surface area contributed by atoms with Gasteiger partial charge in [0, 0.05) is 15.7 Å². The van der Waals surface area contributed by atoms with Gasteiger partial charge in [-0.15, -0.1) is 11.6 Å². The zero-order valence-electron chi connectivity index (χ0n) is 12.1. The van der Waals surface area contributed by atoms with E-state index in [1.807, 2.05) is 48.5 Å². The average Bonchev–Trinajstić information content (AvgIpc) is 2.70. The summed E-state index contributed by atoms with van der Waals surface area (Å²) in [6.07, 6.45) is 0. The number of anilines is 1. The zero-order chi connectivity index (χ0) is 16.4. The molecule has 0 saturated heterocycles. The second-order valence-electron chi connectivity index (χ2n) is 5.25. The van der Waals surface area contributed by atoms with E-state index in [0.29, 0.717) is 5.69 Å². The van der Waals surface area contributed by atoms with E-state index in [4.69, 9.17) is 11.6 Å². The molecule has 1 heterocycles. The third kappa shape index (κ3) is 3.26. The van der Waals surface area contributed by atoms with Gasteiger partial charge in [0.15, 0.2) is 0 Å². The standard InChI is InChI=1S/C17H14BrClN2O2/c18-12-6-7-14-13(8-12)17(11-4-2-1-3-5-11)21(16(23)9-19)10-15(22)20-14/h1-8,17H,9-10H2,(H,20,22). The molecule has 0 aliphatic carbocycles. The van der Waals surface area contributed by atoms with E-state index in [2.05, 4.69) is 21.2 Å². The van der Waals surface area contributed by atoms with Crippen LogP contribution < -0.4 is 5.32 Å². The number of halogens is 2. The maximum absolute atomic E-state index is 12.3. The minimum absolute atomic E-state index is 0.0303. The smallest absolute Gasteiger partial charge is 0.244 e. The van der Waals surface area contributed by atoms with Gasteiger partial charge in [-0.2, -0.15) is 0 Å². The number of amides is 2. The third-order valence-corrected chi connectivity index (χ3v) is 4.48. The highest BCUT2D eigenvalue weighted by Gasteiger charge is 2.32. The highest BCUT2D eigenvalue weighted by molar-refractivity contribution is 9.10. The molecule has 0 saturated carbocycles. The van der Waals surface area contributed by atoms with Crippen molar-refractivity contribution in [3.8, 4) is 0 Å². The monoisotopic (exact) mass is 392 g/mol. The lowest BCUT2D eigenvalue weighted by atomic mass is 9.96. The minimum atomic E-state index is -0.367. The van der Waals surface area contributed by atoms with Gasteiger partial charge in [0.2, 0.25) is 11.8 Å². The molecule has 1 unspecified atom stereocenters. The predicted molar refractivity (Wildman–Crippen MR) is 93.5 cm³/mol. The molecule has 2 aromatic carbocycles. The molecule has 1 N–H and O–H groups in total. The number of rotatable bonds is 2. The molecule has 0 spiro atoms. The van der Waals surface area contributed by atoms with Crippen molar-refractivity contribution in [2.75, 3.05) is 17.7 Å². The first-order valence-corrected chi connectivity index (χ1v) is 8.42. The van der Waals surface area contributed by atoms with Gasteiger partial charge in [0.1, 0.15) is 12.4 Å². The number of nitrogens with one attached hydrogen (secondary N) is 1. The number of carbonyl (C=O) groups excluding carboxylic acids is 2. The van der Waals surface area contributed by atoms with Crippen LogP contribution in [-0.2, 0) is 9.59 Å². The van der Waals surface area contributed by atoms with E-state index >= 15 is 0 Å². The molecule has 1 atom stereocenters. The molecule has 0 aromatic heterocycles. The van der Waals surface area contributed by atoms with E-state index in [-0.39, 0.29) is 30.3 Å². The highest BCUT2D eigenvalue weighted by atomic mass is 79.9. The Hall–Kier alpha value is -1.85. The molecule has 0 radical (unpaired) electrons. The molecule has 3 rings (SSSR count). The Morgan fingerprint density at radius 1 is 1.26 bits per heavy atom. The van der Waals surface area contributed by atoms with Crippen molar-refractivity contribution in [2.45, 2.75) is 6.04 Å². The molecule has 0 bridgehead atoms. The third-order valence-electron chi connectivity index (χ3n) is 3.76. The summed E-state index contributed by atoms with van der Waals surface area (Å²) in [6.45, 7) is -0.0303. The quantitative estimate of drug-likeness (QED) is 0.793. The fourth-order valence-electron chi connectivity index (χ4n) is 2.78. The Morgan fingerprint density at radius 2 is 2.00 bits per heavy atom. The summed E-state index contributed by atoms with van der Waals surface area (Å²) in [4.78, 5) is 26.0. The summed E-state index contributed by atoms with van der Waals surface area (Å²) in [5.41, 5.74) is 2.49. The van der Waals surface area contributed by atoms with Crippen LogP contribution in [0.1, 0.15) is 17.2 Å². The normalized spacial score (nSPS) is 17.2. The fraction of sp³-hybridized carbons (Fsp3) is 0.176. The summed E-state index contributed by atoms with van der Waals surface area (Å²) in [5, 5.41) is 2.86. The van der Waals surface area contributed by atoms with Crippen LogP contribution in [0.25, 0.3) is 0 Å². The summed E-state index contributed by atoms with van der Waals surface area (Å²) in [7, 11) is 0. The molecule has 0 fully saturated rings. The maximum atomic E-state index is 12.3. The number of hydrogen-bond donors (Lipinski definition) is 1. The minimum Gasteiger partial charge on any atom is -0.324 e. The molecule has 23 heavy (non-hydrogen) atoms. The number of hydrogen-bond acceptors (Lipinski definition) is 2. The number of nitrogens with zero attached hydrogens (tertiary/aromatic N) is 1. The first-order valence-electron chi connectivity index (χ1n) is 7.10. The first kappa shape index (κ1) is 16.0. The second-order valence-corrected chi connectivity index (χ2v) is 6.43. The molecule has 1 aliphatic rings. The Kier molecular flexibility index (Phi) is 4.68. The van der Waals surface area contributed by atoms with Gasteiger partial charge in [0.25, 0.3) is 0 Å². The van der Waals surface area contributed by atoms with Gasteiger partial charge in [-0.05, 0) is 23.8 Å². The molecule has 2 aromatic rings. The summed E-state index contributed by atoms with van der Waals surface area (Å²) in [6, 6.07) is 14.9. The number of fused-ring (bicyclic) bond motifs is 1. The Morgan fingerprint density at radius 3 is 2.70 bits per heavy atom. The lowest BCUT2D eigenvalue weighted by Gasteiger charge is -2.30.